The number of nitrogens with zero attached hydrogens (tertiary/aromatic N) is 2. The molecule has 0 radical (unpaired) electrons. The highest BCUT2D eigenvalue weighted by Gasteiger charge is 2.14. The Hall–Kier alpha value is -0.810. The van der Waals surface area contributed by atoms with Crippen LogP contribution >= 0.6 is 11.8 Å². The van der Waals surface area contributed by atoms with Crippen molar-refractivity contribution in [1.29, 1.82) is 0 Å². The predicted molar refractivity (Wildman–Crippen MR) is 77.3 cm³/mol. The molecule has 102 valence electrons. The molecular formula is C13H23N3OS. The maximum absolute atomic E-state index is 8.84. The quantitative estimate of drug-likeness (QED) is 0.432. The van der Waals surface area contributed by atoms with Gasteiger partial charge >= 0.3 is 0 Å². The molecule has 0 aliphatic rings. The zero-order valence-electron chi connectivity index (χ0n) is 11.4. The molecule has 0 saturated carbocycles. The van der Waals surface area contributed by atoms with Gasteiger partial charge in [0, 0.05) is 24.5 Å². The number of nitrogens with one attached hydrogen (secondary N) is 1. The largest absolute Gasteiger partial charge is 0.396 e. The molecule has 1 heterocycles. The first-order valence-corrected chi connectivity index (χ1v) is 7.51. The van der Waals surface area contributed by atoms with E-state index < -0.39 is 0 Å². The van der Waals surface area contributed by atoms with Gasteiger partial charge in [-0.2, -0.15) is 0 Å². The Balaban J connectivity index is 2.87. The van der Waals surface area contributed by atoms with E-state index in [4.69, 9.17) is 5.11 Å². The molecule has 0 aliphatic carbocycles. The second-order valence-electron chi connectivity index (χ2n) is 4.45. The summed E-state index contributed by atoms with van der Waals surface area (Å²) in [5, 5.41) is 13.2. The van der Waals surface area contributed by atoms with Crippen LogP contribution in [-0.2, 0) is 0 Å². The minimum absolute atomic E-state index is 0.232. The monoisotopic (exact) mass is 269 g/mol. The third kappa shape index (κ3) is 4.46. The van der Waals surface area contributed by atoms with Crippen molar-refractivity contribution in [3.8, 4) is 0 Å². The van der Waals surface area contributed by atoms with Crippen LogP contribution in [0.4, 0.5) is 5.82 Å². The average molecular weight is 269 g/mol. The fraction of sp³-hybridized carbons (Fsp3) is 0.692. The molecule has 1 aromatic heterocycles. The summed E-state index contributed by atoms with van der Waals surface area (Å²) in [7, 11) is 0. The van der Waals surface area contributed by atoms with Gasteiger partial charge in [0.2, 0.25) is 0 Å². The van der Waals surface area contributed by atoms with Gasteiger partial charge in [-0.1, -0.05) is 20.8 Å². The molecule has 2 N–H and O–H groups in total. The summed E-state index contributed by atoms with van der Waals surface area (Å²) in [5.74, 6) is 2.23. The predicted octanol–water partition coefficient (Wildman–Crippen LogP) is 2.90. The molecular weight excluding hydrogens is 246 g/mol. The van der Waals surface area contributed by atoms with Gasteiger partial charge in [0.1, 0.15) is 17.2 Å². The Bertz CT molecular complexity index is 358. The van der Waals surface area contributed by atoms with Crippen molar-refractivity contribution in [3.05, 3.63) is 11.9 Å². The zero-order chi connectivity index (χ0) is 13.4. The van der Waals surface area contributed by atoms with E-state index in [-0.39, 0.29) is 6.61 Å². The smallest absolute Gasteiger partial charge is 0.133 e. The second kappa shape index (κ2) is 8.32. The van der Waals surface area contributed by atoms with Crippen LogP contribution in [-0.4, -0.2) is 34.0 Å². The van der Waals surface area contributed by atoms with E-state index in [1.165, 1.54) is 5.56 Å². The number of rotatable bonds is 8. The molecule has 0 fully saturated rings. The fourth-order valence-corrected chi connectivity index (χ4v) is 2.71. The van der Waals surface area contributed by atoms with Crippen LogP contribution in [0.1, 0.15) is 45.1 Å². The lowest BCUT2D eigenvalue weighted by Crippen LogP contribution is -2.08. The Morgan fingerprint density at radius 3 is 2.78 bits per heavy atom. The first-order valence-electron chi connectivity index (χ1n) is 6.53. The summed E-state index contributed by atoms with van der Waals surface area (Å²) in [4.78, 5) is 8.71. The van der Waals surface area contributed by atoms with Crippen molar-refractivity contribution >= 4 is 17.6 Å². The molecule has 0 spiro atoms. The first-order chi connectivity index (χ1) is 8.70. The summed E-state index contributed by atoms with van der Waals surface area (Å²) in [6.07, 6.45) is 3.49. The minimum Gasteiger partial charge on any atom is -0.396 e. The minimum atomic E-state index is 0.232. The lowest BCUT2D eigenvalue weighted by atomic mass is 10.1. The van der Waals surface area contributed by atoms with Crippen LogP contribution < -0.4 is 5.32 Å². The maximum Gasteiger partial charge on any atom is 0.133 e. The standard InChI is InChI=1S/C13H23N3OS/c1-4-6-14-12-11(10(2)3)13(16-9-15-12)18-8-5-7-17/h9-10,17H,4-8H2,1-3H3,(H,14,15,16). The van der Waals surface area contributed by atoms with Crippen molar-refractivity contribution in [2.24, 2.45) is 0 Å². The number of thioether (sulfide) groups is 1. The summed E-state index contributed by atoms with van der Waals surface area (Å²) >= 11 is 1.70. The van der Waals surface area contributed by atoms with Gasteiger partial charge in [-0.05, 0) is 18.8 Å². The zero-order valence-corrected chi connectivity index (χ0v) is 12.3. The van der Waals surface area contributed by atoms with E-state index >= 15 is 0 Å². The number of aliphatic hydroxyl groups is 1. The van der Waals surface area contributed by atoms with Crippen LogP contribution in [0.25, 0.3) is 0 Å². The number of hydrogen-bond donors (Lipinski definition) is 2. The molecule has 18 heavy (non-hydrogen) atoms. The summed E-state index contributed by atoms with van der Waals surface area (Å²) < 4.78 is 0. The Kier molecular flexibility index (Phi) is 7.05. The summed E-state index contributed by atoms with van der Waals surface area (Å²) in [6, 6.07) is 0. The molecule has 0 aromatic carbocycles. The van der Waals surface area contributed by atoms with Crippen LogP contribution in [0.15, 0.2) is 11.4 Å². The van der Waals surface area contributed by atoms with Crippen molar-refractivity contribution < 1.29 is 5.11 Å². The van der Waals surface area contributed by atoms with Crippen LogP contribution in [0, 0.1) is 0 Å². The van der Waals surface area contributed by atoms with E-state index in [1.54, 1.807) is 18.1 Å². The molecule has 0 unspecified atom stereocenters. The second-order valence-corrected chi connectivity index (χ2v) is 5.53. The molecule has 0 aliphatic heterocycles. The van der Waals surface area contributed by atoms with E-state index in [9.17, 15) is 0 Å². The lowest BCUT2D eigenvalue weighted by molar-refractivity contribution is 0.296. The summed E-state index contributed by atoms with van der Waals surface area (Å²) in [5.41, 5.74) is 1.19. The maximum atomic E-state index is 8.84. The highest BCUT2D eigenvalue weighted by molar-refractivity contribution is 7.99. The number of hydrogen-bond acceptors (Lipinski definition) is 5. The normalized spacial score (nSPS) is 10.9. The van der Waals surface area contributed by atoms with Crippen LogP contribution in [0.2, 0.25) is 0 Å². The highest BCUT2D eigenvalue weighted by atomic mass is 32.2. The number of aliphatic hydroxyl groups excluding tert-OH is 1. The van der Waals surface area contributed by atoms with Crippen molar-refractivity contribution in [2.45, 2.75) is 44.6 Å². The van der Waals surface area contributed by atoms with Crippen LogP contribution in [0.5, 0.6) is 0 Å². The molecule has 5 heteroatoms. The highest BCUT2D eigenvalue weighted by Crippen LogP contribution is 2.31. The topological polar surface area (TPSA) is 58.0 Å². The van der Waals surface area contributed by atoms with Crippen molar-refractivity contribution in [1.82, 2.24) is 9.97 Å². The molecule has 4 nitrogen and oxygen atoms in total. The average Bonchev–Trinajstić information content (AvgIpc) is 2.36. The molecule has 1 rings (SSSR count). The van der Waals surface area contributed by atoms with Gasteiger partial charge in [-0.25, -0.2) is 9.97 Å². The third-order valence-electron chi connectivity index (χ3n) is 2.51. The van der Waals surface area contributed by atoms with E-state index in [2.05, 4.69) is 36.1 Å². The van der Waals surface area contributed by atoms with Gasteiger partial charge in [-0.3, -0.25) is 0 Å². The molecule has 0 bridgehead atoms. The van der Waals surface area contributed by atoms with Gasteiger partial charge in [-0.15, -0.1) is 11.8 Å². The fourth-order valence-electron chi connectivity index (χ4n) is 1.63. The lowest BCUT2D eigenvalue weighted by Gasteiger charge is -2.16. The Labute approximate surface area is 114 Å². The SMILES string of the molecule is CCCNc1ncnc(SCCCO)c1C(C)C. The number of aromatic nitrogens is 2. The molecule has 1 aromatic rings. The molecule has 0 amide bonds. The Morgan fingerprint density at radius 2 is 2.17 bits per heavy atom. The van der Waals surface area contributed by atoms with E-state index in [1.807, 2.05) is 0 Å². The molecule has 0 saturated heterocycles. The van der Waals surface area contributed by atoms with Crippen molar-refractivity contribution in [3.63, 3.8) is 0 Å². The molecule has 0 atom stereocenters. The van der Waals surface area contributed by atoms with E-state index in [0.29, 0.717) is 5.92 Å². The van der Waals surface area contributed by atoms with Gasteiger partial charge < -0.3 is 10.4 Å². The van der Waals surface area contributed by atoms with Gasteiger partial charge in [0.25, 0.3) is 0 Å². The van der Waals surface area contributed by atoms with E-state index in [0.717, 1.165) is 36.0 Å². The third-order valence-corrected chi connectivity index (χ3v) is 3.60. The number of anilines is 1. The van der Waals surface area contributed by atoms with Crippen molar-refractivity contribution in [2.75, 3.05) is 24.2 Å². The Morgan fingerprint density at radius 1 is 1.39 bits per heavy atom. The van der Waals surface area contributed by atoms with Crippen LogP contribution in [0.3, 0.4) is 0 Å². The first kappa shape index (κ1) is 15.2. The van der Waals surface area contributed by atoms with Gasteiger partial charge in [0.15, 0.2) is 0 Å². The van der Waals surface area contributed by atoms with Gasteiger partial charge in [0.05, 0.1) is 0 Å². The summed E-state index contributed by atoms with van der Waals surface area (Å²) in [6.45, 7) is 7.62.